The monoisotopic (exact) mass is 309 g/mol. The molecule has 0 unspecified atom stereocenters. The minimum absolute atomic E-state index is 0.620. The molecule has 0 atom stereocenters. The Morgan fingerprint density at radius 2 is 1.95 bits per heavy atom. The van der Waals surface area contributed by atoms with Crippen molar-refractivity contribution in [2.45, 2.75) is 13.5 Å². The Balaban J connectivity index is 1.71. The summed E-state index contributed by atoms with van der Waals surface area (Å²) in [5.74, 6) is 0.899. The predicted octanol–water partition coefficient (Wildman–Crippen LogP) is 4.47. The lowest BCUT2D eigenvalue weighted by atomic mass is 10.2. The summed E-state index contributed by atoms with van der Waals surface area (Å²) in [6, 6.07) is 13.6. The third-order valence-corrected chi connectivity index (χ3v) is 3.45. The van der Waals surface area contributed by atoms with Crippen molar-refractivity contribution in [1.29, 1.82) is 0 Å². The first-order valence-corrected chi connectivity index (χ1v) is 7.25. The van der Waals surface area contributed by atoms with Gasteiger partial charge in [0.05, 0.1) is 0 Å². The largest absolute Gasteiger partial charge is 0.492 e. The van der Waals surface area contributed by atoms with E-state index in [-0.39, 0.29) is 0 Å². The van der Waals surface area contributed by atoms with Crippen molar-refractivity contribution in [2.24, 2.45) is 0 Å². The fourth-order valence-electron chi connectivity index (χ4n) is 1.83. The van der Waals surface area contributed by atoms with E-state index in [2.05, 4.69) is 5.32 Å². The van der Waals surface area contributed by atoms with Crippen LogP contribution in [0.15, 0.2) is 42.5 Å². The van der Waals surface area contributed by atoms with Crippen LogP contribution in [0, 0.1) is 6.92 Å². The highest BCUT2D eigenvalue weighted by atomic mass is 35.5. The second kappa shape index (κ2) is 7.53. The Morgan fingerprint density at radius 1 is 1.10 bits per heavy atom. The Kier molecular flexibility index (Phi) is 5.72. The molecule has 106 valence electrons. The van der Waals surface area contributed by atoms with Gasteiger partial charge in [-0.1, -0.05) is 41.4 Å². The lowest BCUT2D eigenvalue weighted by Crippen LogP contribution is -2.20. The molecular weight excluding hydrogens is 293 g/mol. The Morgan fingerprint density at radius 3 is 2.70 bits per heavy atom. The molecule has 1 N–H and O–H groups in total. The van der Waals surface area contributed by atoms with E-state index in [0.717, 1.165) is 17.9 Å². The predicted molar refractivity (Wildman–Crippen MR) is 84.8 cm³/mol. The third-order valence-electron chi connectivity index (χ3n) is 2.87. The van der Waals surface area contributed by atoms with Crippen molar-refractivity contribution >= 4 is 23.2 Å². The van der Waals surface area contributed by atoms with Gasteiger partial charge in [0.1, 0.15) is 12.4 Å². The van der Waals surface area contributed by atoms with E-state index in [9.17, 15) is 0 Å². The van der Waals surface area contributed by atoms with E-state index < -0.39 is 0 Å². The Bertz CT molecular complexity index is 572. The first-order chi connectivity index (χ1) is 9.65. The quantitative estimate of drug-likeness (QED) is 0.795. The minimum Gasteiger partial charge on any atom is -0.492 e. The molecule has 0 saturated heterocycles. The van der Waals surface area contributed by atoms with Gasteiger partial charge in [-0.05, 0) is 42.3 Å². The SMILES string of the molecule is Cc1cccc(OCCNCc2ccc(Cl)cc2Cl)c1. The van der Waals surface area contributed by atoms with Crippen LogP contribution in [0.5, 0.6) is 5.75 Å². The average molecular weight is 310 g/mol. The highest BCUT2D eigenvalue weighted by Gasteiger charge is 2.00. The summed E-state index contributed by atoms with van der Waals surface area (Å²) in [4.78, 5) is 0. The Hall–Kier alpha value is -1.22. The van der Waals surface area contributed by atoms with Crippen molar-refractivity contribution in [3.05, 3.63) is 63.6 Å². The second-order valence-corrected chi connectivity index (χ2v) is 5.42. The highest BCUT2D eigenvalue weighted by Crippen LogP contribution is 2.20. The third kappa shape index (κ3) is 4.71. The van der Waals surface area contributed by atoms with Crippen molar-refractivity contribution in [3.63, 3.8) is 0 Å². The van der Waals surface area contributed by atoms with Gasteiger partial charge in [-0.15, -0.1) is 0 Å². The summed E-state index contributed by atoms with van der Waals surface area (Å²) in [7, 11) is 0. The van der Waals surface area contributed by atoms with Gasteiger partial charge in [0, 0.05) is 23.1 Å². The molecule has 2 rings (SSSR count). The van der Waals surface area contributed by atoms with Gasteiger partial charge in [-0.2, -0.15) is 0 Å². The van der Waals surface area contributed by atoms with E-state index in [1.54, 1.807) is 6.07 Å². The van der Waals surface area contributed by atoms with Crippen LogP contribution in [0.25, 0.3) is 0 Å². The molecule has 4 heteroatoms. The molecule has 0 fully saturated rings. The van der Waals surface area contributed by atoms with Crippen LogP contribution in [0.2, 0.25) is 10.0 Å². The second-order valence-electron chi connectivity index (χ2n) is 4.58. The number of hydrogen-bond acceptors (Lipinski definition) is 2. The van der Waals surface area contributed by atoms with E-state index in [0.29, 0.717) is 23.2 Å². The maximum absolute atomic E-state index is 6.10. The van der Waals surface area contributed by atoms with Crippen molar-refractivity contribution in [3.8, 4) is 5.75 Å². The first-order valence-electron chi connectivity index (χ1n) is 6.49. The van der Waals surface area contributed by atoms with Gasteiger partial charge in [-0.3, -0.25) is 0 Å². The molecule has 0 aliphatic rings. The number of nitrogens with one attached hydrogen (secondary N) is 1. The molecule has 0 spiro atoms. The number of aryl methyl sites for hydroxylation is 1. The smallest absolute Gasteiger partial charge is 0.119 e. The first kappa shape index (κ1) is 15.2. The average Bonchev–Trinajstić information content (AvgIpc) is 2.41. The molecule has 0 radical (unpaired) electrons. The van der Waals surface area contributed by atoms with E-state index in [4.69, 9.17) is 27.9 Å². The van der Waals surface area contributed by atoms with Gasteiger partial charge in [0.15, 0.2) is 0 Å². The van der Waals surface area contributed by atoms with Crippen LogP contribution in [0.4, 0.5) is 0 Å². The number of benzene rings is 2. The topological polar surface area (TPSA) is 21.3 Å². The Labute approximate surface area is 129 Å². The van der Waals surface area contributed by atoms with E-state index in [1.807, 2.05) is 43.3 Å². The maximum atomic E-state index is 6.10. The number of ether oxygens (including phenoxy) is 1. The summed E-state index contributed by atoms with van der Waals surface area (Å²) in [6.45, 7) is 4.13. The number of halogens is 2. The zero-order valence-electron chi connectivity index (χ0n) is 11.3. The van der Waals surface area contributed by atoms with Gasteiger partial charge in [-0.25, -0.2) is 0 Å². The molecule has 20 heavy (non-hydrogen) atoms. The van der Waals surface area contributed by atoms with Crippen molar-refractivity contribution in [1.82, 2.24) is 5.32 Å². The van der Waals surface area contributed by atoms with E-state index >= 15 is 0 Å². The maximum Gasteiger partial charge on any atom is 0.119 e. The number of rotatable bonds is 6. The van der Waals surface area contributed by atoms with Crippen LogP contribution in [-0.4, -0.2) is 13.2 Å². The van der Waals surface area contributed by atoms with Crippen LogP contribution in [0.3, 0.4) is 0 Å². The fourth-order valence-corrected chi connectivity index (χ4v) is 2.31. The molecule has 0 saturated carbocycles. The molecule has 0 aliphatic heterocycles. The lowest BCUT2D eigenvalue weighted by Gasteiger charge is -2.09. The molecule has 2 nitrogen and oxygen atoms in total. The minimum atomic E-state index is 0.620. The van der Waals surface area contributed by atoms with Crippen molar-refractivity contribution in [2.75, 3.05) is 13.2 Å². The highest BCUT2D eigenvalue weighted by molar-refractivity contribution is 6.35. The molecule has 0 aliphatic carbocycles. The number of hydrogen-bond donors (Lipinski definition) is 1. The molecule has 2 aromatic rings. The molecule has 0 amide bonds. The molecule has 0 aromatic heterocycles. The normalized spacial score (nSPS) is 10.6. The zero-order valence-corrected chi connectivity index (χ0v) is 12.8. The standard InChI is InChI=1S/C16H17Cl2NO/c1-12-3-2-4-15(9-12)20-8-7-19-11-13-5-6-14(17)10-16(13)18/h2-6,9-10,19H,7-8,11H2,1H3. The van der Waals surface area contributed by atoms with Gasteiger partial charge in [0.25, 0.3) is 0 Å². The van der Waals surface area contributed by atoms with Gasteiger partial charge >= 0.3 is 0 Å². The van der Waals surface area contributed by atoms with Crippen molar-refractivity contribution < 1.29 is 4.74 Å². The van der Waals surface area contributed by atoms with Gasteiger partial charge < -0.3 is 10.1 Å². The van der Waals surface area contributed by atoms with E-state index in [1.165, 1.54) is 5.56 Å². The summed E-state index contributed by atoms with van der Waals surface area (Å²) in [6.07, 6.45) is 0. The summed E-state index contributed by atoms with van der Waals surface area (Å²) < 4.78 is 5.66. The summed E-state index contributed by atoms with van der Waals surface area (Å²) in [5, 5.41) is 4.63. The molecule has 2 aromatic carbocycles. The molecule has 0 bridgehead atoms. The van der Waals surface area contributed by atoms with Gasteiger partial charge in [0.2, 0.25) is 0 Å². The van der Waals surface area contributed by atoms with Crippen LogP contribution >= 0.6 is 23.2 Å². The molecule has 0 heterocycles. The van der Waals surface area contributed by atoms with Crippen LogP contribution in [-0.2, 0) is 6.54 Å². The van der Waals surface area contributed by atoms with Crippen LogP contribution < -0.4 is 10.1 Å². The molecular formula is C16H17Cl2NO. The summed E-state index contributed by atoms with van der Waals surface area (Å²) in [5.41, 5.74) is 2.23. The zero-order chi connectivity index (χ0) is 14.4. The van der Waals surface area contributed by atoms with Crippen LogP contribution in [0.1, 0.15) is 11.1 Å². The fraction of sp³-hybridized carbons (Fsp3) is 0.250. The lowest BCUT2D eigenvalue weighted by molar-refractivity contribution is 0.313. The summed E-state index contributed by atoms with van der Waals surface area (Å²) >= 11 is 12.0.